The molecule has 58 heavy (non-hydrogen) atoms. The van der Waals surface area contributed by atoms with Gasteiger partial charge in [-0.2, -0.15) is 0 Å². The maximum absolute atomic E-state index is 7.33. The lowest BCUT2D eigenvalue weighted by atomic mass is 9.63. The van der Waals surface area contributed by atoms with E-state index in [2.05, 4.69) is 178 Å². The second kappa shape index (κ2) is 14.1. The number of fused-ring (bicyclic) bond motifs is 3. The Labute approximate surface area is 353 Å². The molecule has 0 amide bonds. The molecule has 1 heterocycles. The summed E-state index contributed by atoms with van der Waals surface area (Å²) in [5, 5.41) is 0.696. The number of hydrogen-bond donors (Lipinski definition) is 0. The molecule has 0 saturated carbocycles. The first-order chi connectivity index (χ1) is 27.1. The molecular weight excluding hydrogens is 732 g/mol. The average molecular weight is 796 g/mol. The predicted molar refractivity (Wildman–Crippen MR) is 246 cm³/mol. The summed E-state index contributed by atoms with van der Waals surface area (Å²) in [5.74, 6) is 1.50. The molecule has 1 aliphatic heterocycles. The largest absolute Gasteiger partial charge is 0.486 e. The minimum atomic E-state index is -0.0433. The fourth-order valence-electron chi connectivity index (χ4n) is 9.63. The molecule has 2 aliphatic carbocycles. The molecule has 0 N–H and O–H groups in total. The zero-order chi connectivity index (χ0) is 41.6. The monoisotopic (exact) mass is 794 g/mol. The molecule has 5 heteroatoms. The summed E-state index contributed by atoms with van der Waals surface area (Å²) in [6.45, 7) is 29.3. The SMILES string of the molecule is Cc1cc(N(c2ccc3c(c2)C(C)(C)CCC3(C)C)c2ccc3c(c2)C(C)(C)CCC3(C)C)cc(N(c2ccc3c(c2)OCCO3)c2ccc(C(C)(C)C)cc2Cl)c1. The van der Waals surface area contributed by atoms with Crippen LogP contribution in [0.4, 0.5) is 34.1 Å². The number of hydrogen-bond acceptors (Lipinski definition) is 4. The van der Waals surface area contributed by atoms with E-state index in [-0.39, 0.29) is 27.1 Å². The van der Waals surface area contributed by atoms with Gasteiger partial charge in [-0.15, -0.1) is 0 Å². The number of rotatable bonds is 6. The molecule has 0 unspecified atom stereocenters. The standard InChI is InChI=1S/C53H63ClN2O2/c1-34-27-39(30-40(28-34)56(38-16-20-47-48(33-38)58-26-25-57-47)46-19-13-35(29-45(46)54)49(2,3)4)55(36-14-17-41-43(31-36)52(9,10)23-21-50(41,5)6)37-15-18-42-44(32-37)53(11,12)24-22-51(42,7)8/h13-20,27-33H,21-26H2,1-12H3. The van der Waals surface area contributed by atoms with Gasteiger partial charge in [-0.3, -0.25) is 0 Å². The van der Waals surface area contributed by atoms with Crippen molar-refractivity contribution in [1.82, 2.24) is 0 Å². The third-order valence-corrected chi connectivity index (χ3v) is 13.9. The van der Waals surface area contributed by atoms with E-state index in [1.165, 1.54) is 52.0 Å². The molecule has 3 aliphatic rings. The van der Waals surface area contributed by atoms with Gasteiger partial charge in [0.25, 0.3) is 0 Å². The quantitative estimate of drug-likeness (QED) is 0.171. The third-order valence-electron chi connectivity index (χ3n) is 13.6. The normalized spacial score (nSPS) is 18.5. The van der Waals surface area contributed by atoms with Crippen molar-refractivity contribution in [1.29, 1.82) is 0 Å². The van der Waals surface area contributed by atoms with E-state index < -0.39 is 0 Å². The lowest BCUT2D eigenvalue weighted by molar-refractivity contribution is 0.171. The number of halogens is 1. The smallest absolute Gasteiger partial charge is 0.163 e. The van der Waals surface area contributed by atoms with Crippen LogP contribution in [0.3, 0.4) is 0 Å². The summed E-state index contributed by atoms with van der Waals surface area (Å²) in [6, 6.07) is 34.2. The van der Waals surface area contributed by atoms with E-state index in [4.69, 9.17) is 21.1 Å². The first-order valence-electron chi connectivity index (χ1n) is 21.4. The topological polar surface area (TPSA) is 24.9 Å². The van der Waals surface area contributed by atoms with E-state index in [1.807, 2.05) is 6.07 Å². The second-order valence-electron chi connectivity index (χ2n) is 20.9. The van der Waals surface area contributed by atoms with Crippen molar-refractivity contribution >= 4 is 45.7 Å². The molecule has 4 nitrogen and oxygen atoms in total. The van der Waals surface area contributed by atoms with Crippen LogP contribution in [0.15, 0.2) is 91.0 Å². The van der Waals surface area contributed by atoms with E-state index in [1.54, 1.807) is 0 Å². The Morgan fingerprint density at radius 2 is 0.948 bits per heavy atom. The Hall–Kier alpha value is -4.41. The van der Waals surface area contributed by atoms with Crippen molar-refractivity contribution in [2.75, 3.05) is 23.0 Å². The summed E-state index contributed by atoms with van der Waals surface area (Å²) in [7, 11) is 0. The van der Waals surface area contributed by atoms with Gasteiger partial charge in [0.1, 0.15) is 13.2 Å². The molecular formula is C53H63ClN2O2. The number of ether oxygens (including phenoxy) is 2. The highest BCUT2D eigenvalue weighted by atomic mass is 35.5. The van der Waals surface area contributed by atoms with Crippen molar-refractivity contribution in [3.63, 3.8) is 0 Å². The van der Waals surface area contributed by atoms with Gasteiger partial charge in [-0.05, 0) is 160 Å². The van der Waals surface area contributed by atoms with Crippen molar-refractivity contribution in [2.24, 2.45) is 0 Å². The van der Waals surface area contributed by atoms with Crippen LogP contribution in [0.2, 0.25) is 5.02 Å². The van der Waals surface area contributed by atoms with Gasteiger partial charge in [-0.1, -0.05) is 106 Å². The highest BCUT2D eigenvalue weighted by Crippen LogP contribution is 2.52. The van der Waals surface area contributed by atoms with Gasteiger partial charge < -0.3 is 19.3 Å². The van der Waals surface area contributed by atoms with Crippen LogP contribution in [-0.4, -0.2) is 13.2 Å². The van der Waals surface area contributed by atoms with E-state index in [0.717, 1.165) is 52.7 Å². The lowest BCUT2D eigenvalue weighted by Crippen LogP contribution is -2.34. The fraction of sp³-hybridized carbons (Fsp3) is 0.434. The minimum Gasteiger partial charge on any atom is -0.486 e. The van der Waals surface area contributed by atoms with Crippen molar-refractivity contribution < 1.29 is 9.47 Å². The maximum Gasteiger partial charge on any atom is 0.163 e. The van der Waals surface area contributed by atoms with Crippen LogP contribution >= 0.6 is 11.6 Å². The summed E-state index contributed by atoms with van der Waals surface area (Å²) < 4.78 is 12.1. The minimum absolute atomic E-state index is 0.0433. The molecule has 304 valence electrons. The van der Waals surface area contributed by atoms with E-state index >= 15 is 0 Å². The molecule has 0 aromatic heterocycles. The first-order valence-corrected chi connectivity index (χ1v) is 21.7. The fourth-order valence-corrected chi connectivity index (χ4v) is 9.90. The molecule has 0 bridgehead atoms. The molecule has 8 rings (SSSR count). The van der Waals surface area contributed by atoms with Crippen molar-refractivity contribution in [3.8, 4) is 11.5 Å². The van der Waals surface area contributed by atoms with Gasteiger partial charge >= 0.3 is 0 Å². The molecule has 0 saturated heterocycles. The summed E-state index contributed by atoms with van der Waals surface area (Å²) in [6.07, 6.45) is 4.68. The number of benzene rings is 5. The van der Waals surface area contributed by atoms with Crippen LogP contribution in [0.1, 0.15) is 135 Å². The van der Waals surface area contributed by atoms with Crippen LogP contribution in [0, 0.1) is 6.92 Å². The summed E-state index contributed by atoms with van der Waals surface area (Å²) in [4.78, 5) is 4.78. The second-order valence-corrected chi connectivity index (χ2v) is 21.3. The molecule has 5 aromatic carbocycles. The molecule has 0 atom stereocenters. The average Bonchev–Trinajstić information content (AvgIpc) is 3.16. The molecule has 0 fully saturated rings. The number of aryl methyl sites for hydroxylation is 1. The number of anilines is 6. The summed E-state index contributed by atoms with van der Waals surface area (Å²) >= 11 is 7.33. The first kappa shape index (κ1) is 40.4. The Kier molecular flexibility index (Phi) is 9.82. The van der Waals surface area contributed by atoms with Gasteiger partial charge in [0, 0.05) is 28.8 Å². The van der Waals surface area contributed by atoms with Crippen molar-refractivity contribution in [3.05, 3.63) is 129 Å². The Morgan fingerprint density at radius 3 is 1.47 bits per heavy atom. The van der Waals surface area contributed by atoms with Crippen LogP contribution < -0.4 is 19.3 Å². The van der Waals surface area contributed by atoms with Crippen LogP contribution in [-0.2, 0) is 27.1 Å². The van der Waals surface area contributed by atoms with Crippen molar-refractivity contribution in [2.45, 2.75) is 136 Å². The molecule has 5 aromatic rings. The number of nitrogens with zero attached hydrogens (tertiary/aromatic N) is 2. The van der Waals surface area contributed by atoms with Gasteiger partial charge in [-0.25, -0.2) is 0 Å². The Morgan fingerprint density at radius 1 is 0.483 bits per heavy atom. The lowest BCUT2D eigenvalue weighted by Gasteiger charge is -2.43. The zero-order valence-electron chi connectivity index (χ0n) is 37.0. The van der Waals surface area contributed by atoms with E-state index in [0.29, 0.717) is 18.2 Å². The van der Waals surface area contributed by atoms with Gasteiger partial charge in [0.2, 0.25) is 0 Å². The third kappa shape index (κ3) is 7.29. The highest BCUT2D eigenvalue weighted by Gasteiger charge is 2.39. The Bertz CT molecular complexity index is 2320. The van der Waals surface area contributed by atoms with E-state index in [9.17, 15) is 0 Å². The Balaban J connectivity index is 1.36. The van der Waals surface area contributed by atoms with Gasteiger partial charge in [0.15, 0.2) is 11.5 Å². The van der Waals surface area contributed by atoms with Gasteiger partial charge in [0.05, 0.1) is 16.4 Å². The molecule has 0 radical (unpaired) electrons. The molecule has 0 spiro atoms. The summed E-state index contributed by atoms with van der Waals surface area (Å²) in [5.41, 5.74) is 14.8. The highest BCUT2D eigenvalue weighted by molar-refractivity contribution is 6.33. The zero-order valence-corrected chi connectivity index (χ0v) is 37.7. The van der Waals surface area contributed by atoms with Crippen LogP contribution in [0.5, 0.6) is 11.5 Å². The maximum atomic E-state index is 7.33. The van der Waals surface area contributed by atoms with Crippen LogP contribution in [0.25, 0.3) is 0 Å². The predicted octanol–water partition coefficient (Wildman–Crippen LogP) is 15.4.